The molecular formula is C20H30O2. The first kappa shape index (κ1) is 14.9. The quantitative estimate of drug-likeness (QED) is 0.725. The van der Waals surface area contributed by atoms with Crippen molar-refractivity contribution in [2.75, 3.05) is 0 Å². The molecule has 0 heterocycles. The molecule has 4 aliphatic carbocycles. The standard InChI is InChI=1S/C20H30O2/c1-18-9-6-14(21)12-13(18)4-5-15-16(18)7-10-19(2)17(15)8-11-20(19,3)22/h12,15-17,22H,4-11H2,1-3H3/t15?,16?,17?,18?,19?,20-/m1/s1. The summed E-state index contributed by atoms with van der Waals surface area (Å²) in [6, 6.07) is 0. The molecule has 122 valence electrons. The maximum absolute atomic E-state index is 11.8. The Morgan fingerprint density at radius 2 is 1.73 bits per heavy atom. The number of rotatable bonds is 0. The molecule has 1 N–H and O–H groups in total. The third kappa shape index (κ3) is 1.74. The van der Waals surface area contributed by atoms with Crippen LogP contribution >= 0.6 is 0 Å². The van der Waals surface area contributed by atoms with Gasteiger partial charge in [0.2, 0.25) is 0 Å². The summed E-state index contributed by atoms with van der Waals surface area (Å²) in [4.78, 5) is 11.8. The van der Waals surface area contributed by atoms with Gasteiger partial charge in [0.05, 0.1) is 5.60 Å². The highest BCUT2D eigenvalue weighted by Gasteiger charge is 2.62. The molecule has 0 aromatic rings. The molecule has 3 fully saturated rings. The molecule has 0 aromatic carbocycles. The number of aliphatic hydroxyl groups is 1. The fourth-order valence-corrected chi connectivity index (χ4v) is 6.80. The molecule has 0 saturated heterocycles. The van der Waals surface area contributed by atoms with Gasteiger partial charge in [0.15, 0.2) is 5.78 Å². The predicted octanol–water partition coefficient (Wildman–Crippen LogP) is 4.27. The highest BCUT2D eigenvalue weighted by molar-refractivity contribution is 5.91. The van der Waals surface area contributed by atoms with Gasteiger partial charge in [-0.1, -0.05) is 19.4 Å². The van der Waals surface area contributed by atoms with Gasteiger partial charge in [-0.15, -0.1) is 0 Å². The van der Waals surface area contributed by atoms with Gasteiger partial charge in [-0.2, -0.15) is 0 Å². The molecule has 4 rings (SSSR count). The van der Waals surface area contributed by atoms with Gasteiger partial charge in [-0.25, -0.2) is 0 Å². The van der Waals surface area contributed by atoms with Crippen LogP contribution in [0.1, 0.15) is 72.1 Å². The van der Waals surface area contributed by atoms with E-state index >= 15 is 0 Å². The highest BCUT2D eigenvalue weighted by Crippen LogP contribution is 2.67. The molecule has 0 aromatic heterocycles. The van der Waals surface area contributed by atoms with Gasteiger partial charge in [-0.3, -0.25) is 4.79 Å². The summed E-state index contributed by atoms with van der Waals surface area (Å²) in [5, 5.41) is 10.9. The summed E-state index contributed by atoms with van der Waals surface area (Å²) in [7, 11) is 0. The topological polar surface area (TPSA) is 37.3 Å². The van der Waals surface area contributed by atoms with Crippen molar-refractivity contribution in [2.45, 2.75) is 77.7 Å². The second-order valence-corrected chi connectivity index (χ2v) is 9.24. The zero-order valence-electron chi connectivity index (χ0n) is 14.3. The molecule has 2 nitrogen and oxygen atoms in total. The largest absolute Gasteiger partial charge is 0.390 e. The Kier molecular flexibility index (Phi) is 3.03. The van der Waals surface area contributed by atoms with Gasteiger partial charge in [0.1, 0.15) is 0 Å². The van der Waals surface area contributed by atoms with E-state index in [0.717, 1.165) is 43.9 Å². The van der Waals surface area contributed by atoms with Gasteiger partial charge < -0.3 is 5.11 Å². The highest BCUT2D eigenvalue weighted by atomic mass is 16.3. The molecule has 0 aliphatic heterocycles. The van der Waals surface area contributed by atoms with Crippen molar-refractivity contribution in [1.29, 1.82) is 0 Å². The molecule has 5 unspecified atom stereocenters. The number of carbonyl (C=O) groups excluding carboxylic acids is 1. The van der Waals surface area contributed by atoms with E-state index in [1.807, 2.05) is 6.08 Å². The number of ketones is 1. The van der Waals surface area contributed by atoms with Crippen LogP contribution in [0.5, 0.6) is 0 Å². The van der Waals surface area contributed by atoms with Crippen molar-refractivity contribution >= 4 is 5.78 Å². The average Bonchev–Trinajstić information content (AvgIpc) is 2.70. The molecule has 4 aliphatic rings. The number of fused-ring (bicyclic) bond motifs is 5. The van der Waals surface area contributed by atoms with Crippen LogP contribution in [0.2, 0.25) is 0 Å². The minimum atomic E-state index is -0.484. The van der Waals surface area contributed by atoms with Crippen molar-refractivity contribution in [1.82, 2.24) is 0 Å². The molecule has 22 heavy (non-hydrogen) atoms. The number of carbonyl (C=O) groups is 1. The fraction of sp³-hybridized carbons (Fsp3) is 0.850. The average molecular weight is 302 g/mol. The van der Waals surface area contributed by atoms with Crippen LogP contribution in [0, 0.1) is 28.6 Å². The van der Waals surface area contributed by atoms with Crippen LogP contribution < -0.4 is 0 Å². The minimum absolute atomic E-state index is 0.107. The summed E-state index contributed by atoms with van der Waals surface area (Å²) >= 11 is 0. The molecule has 3 saturated carbocycles. The number of allylic oxidation sites excluding steroid dienone is 1. The van der Waals surface area contributed by atoms with Crippen LogP contribution in [-0.2, 0) is 4.79 Å². The minimum Gasteiger partial charge on any atom is -0.390 e. The second-order valence-electron chi connectivity index (χ2n) is 9.24. The lowest BCUT2D eigenvalue weighted by molar-refractivity contribution is -0.124. The van der Waals surface area contributed by atoms with Crippen molar-refractivity contribution in [3.05, 3.63) is 11.6 Å². The summed E-state index contributed by atoms with van der Waals surface area (Å²) in [6.07, 6.45) is 10.7. The van der Waals surface area contributed by atoms with E-state index < -0.39 is 5.60 Å². The maximum Gasteiger partial charge on any atom is 0.155 e. The van der Waals surface area contributed by atoms with Crippen molar-refractivity contribution in [2.24, 2.45) is 28.6 Å². The van der Waals surface area contributed by atoms with E-state index in [-0.39, 0.29) is 10.8 Å². The van der Waals surface area contributed by atoms with Crippen LogP contribution in [0.25, 0.3) is 0 Å². The van der Waals surface area contributed by atoms with Crippen LogP contribution in [0.4, 0.5) is 0 Å². The van der Waals surface area contributed by atoms with E-state index in [2.05, 4.69) is 20.8 Å². The first-order chi connectivity index (χ1) is 10.3. The van der Waals surface area contributed by atoms with E-state index in [1.165, 1.54) is 24.8 Å². The number of hydrogen-bond acceptors (Lipinski definition) is 2. The summed E-state index contributed by atoms with van der Waals surface area (Å²) < 4.78 is 0. The Bertz CT molecular complexity index is 546. The van der Waals surface area contributed by atoms with Crippen molar-refractivity contribution in [3.63, 3.8) is 0 Å². The Balaban J connectivity index is 1.70. The predicted molar refractivity (Wildman–Crippen MR) is 87.3 cm³/mol. The zero-order chi connectivity index (χ0) is 15.8. The third-order valence-electron chi connectivity index (χ3n) is 8.52. The lowest BCUT2D eigenvalue weighted by Crippen LogP contribution is -2.53. The molecule has 2 heteroatoms. The summed E-state index contributed by atoms with van der Waals surface area (Å²) in [5.74, 6) is 2.50. The van der Waals surface area contributed by atoms with Gasteiger partial charge in [0.25, 0.3) is 0 Å². The molecule has 0 amide bonds. The molecular weight excluding hydrogens is 272 g/mol. The Hall–Kier alpha value is -0.630. The molecule has 6 atom stereocenters. The SMILES string of the molecule is CC12CCC(=O)C=C1CCC1C2CCC2(C)C1CC[C@@]2(C)O. The summed E-state index contributed by atoms with van der Waals surface area (Å²) in [5.41, 5.74) is 1.32. The normalized spacial score (nSPS) is 54.3. The van der Waals surface area contributed by atoms with Crippen LogP contribution in [0.15, 0.2) is 11.6 Å². The Labute approximate surface area is 134 Å². The second kappa shape index (κ2) is 4.47. The number of hydrogen-bond donors (Lipinski definition) is 1. The monoisotopic (exact) mass is 302 g/mol. The van der Waals surface area contributed by atoms with Crippen LogP contribution in [-0.4, -0.2) is 16.5 Å². The van der Waals surface area contributed by atoms with E-state index in [4.69, 9.17) is 0 Å². The zero-order valence-corrected chi connectivity index (χ0v) is 14.3. The Morgan fingerprint density at radius 3 is 2.50 bits per heavy atom. The van der Waals surface area contributed by atoms with Gasteiger partial charge >= 0.3 is 0 Å². The molecule has 0 radical (unpaired) electrons. The first-order valence-electron chi connectivity index (χ1n) is 9.24. The van der Waals surface area contributed by atoms with Gasteiger partial charge in [-0.05, 0) is 86.5 Å². The molecule has 0 spiro atoms. The first-order valence-corrected chi connectivity index (χ1v) is 9.24. The van der Waals surface area contributed by atoms with Crippen molar-refractivity contribution < 1.29 is 9.90 Å². The molecule has 0 bridgehead atoms. The van der Waals surface area contributed by atoms with E-state index in [0.29, 0.717) is 11.7 Å². The fourth-order valence-electron chi connectivity index (χ4n) is 6.80. The van der Waals surface area contributed by atoms with E-state index in [9.17, 15) is 9.90 Å². The van der Waals surface area contributed by atoms with E-state index in [1.54, 1.807) is 0 Å². The Morgan fingerprint density at radius 1 is 1.00 bits per heavy atom. The maximum atomic E-state index is 11.8. The summed E-state index contributed by atoms with van der Waals surface area (Å²) in [6.45, 7) is 6.85. The lowest BCUT2D eigenvalue weighted by atomic mass is 9.46. The smallest absolute Gasteiger partial charge is 0.155 e. The van der Waals surface area contributed by atoms with Crippen LogP contribution in [0.3, 0.4) is 0 Å². The van der Waals surface area contributed by atoms with Crippen molar-refractivity contribution in [3.8, 4) is 0 Å². The lowest BCUT2D eigenvalue weighted by Gasteiger charge is -2.58. The van der Waals surface area contributed by atoms with Gasteiger partial charge in [0, 0.05) is 6.42 Å². The third-order valence-corrected chi connectivity index (χ3v) is 8.52.